The van der Waals surface area contributed by atoms with Crippen molar-refractivity contribution in [2.24, 2.45) is 0 Å². The number of methoxy groups -OCH3 is 1. The number of aryl methyl sites for hydroxylation is 1. The molecular weight excluding hydrogens is 533 g/mol. The van der Waals surface area contributed by atoms with Crippen LogP contribution in [0, 0.1) is 12.7 Å². The number of benzene rings is 3. The molecule has 2 atom stereocenters. The van der Waals surface area contributed by atoms with Crippen molar-refractivity contribution < 1.29 is 27.1 Å². The summed E-state index contributed by atoms with van der Waals surface area (Å²) in [6.07, 6.45) is 0.677. The predicted octanol–water partition coefficient (Wildman–Crippen LogP) is 4.67. The van der Waals surface area contributed by atoms with Crippen LogP contribution in [0.1, 0.15) is 38.3 Å². The lowest BCUT2D eigenvalue weighted by atomic mass is 10.1. The molecule has 2 amide bonds. The minimum absolute atomic E-state index is 0.0189. The van der Waals surface area contributed by atoms with E-state index in [1.807, 2.05) is 13.8 Å². The zero-order valence-corrected chi connectivity index (χ0v) is 24.2. The van der Waals surface area contributed by atoms with Gasteiger partial charge in [-0.05, 0) is 63.1 Å². The number of hydrogen-bond acceptors (Lipinski definition) is 5. The van der Waals surface area contributed by atoms with E-state index in [9.17, 15) is 22.4 Å². The molecule has 3 aromatic rings. The number of carbonyl (C=O) groups excluding carboxylic acids is 2. The number of nitrogens with one attached hydrogen (secondary N) is 1. The standard InChI is InChI=1S/C30H36FN3O5S/c1-6-22(3)32-30(36)23(4)33(19-24-12-10-11-15-26(24)31)29(35)20-34(27-18-21(2)16-17-28(27)39-5)40(37,38)25-13-8-7-9-14-25/h7-18,22-23H,6,19-20H2,1-5H3,(H,32,36). The molecule has 0 saturated carbocycles. The Hall–Kier alpha value is -3.92. The van der Waals surface area contributed by atoms with Crippen molar-refractivity contribution in [2.75, 3.05) is 18.0 Å². The Morgan fingerprint density at radius 1 is 1.00 bits per heavy atom. The minimum atomic E-state index is -4.25. The molecule has 0 fully saturated rings. The smallest absolute Gasteiger partial charge is 0.264 e. The average molecular weight is 570 g/mol. The maximum Gasteiger partial charge on any atom is 0.264 e. The van der Waals surface area contributed by atoms with Crippen LogP contribution in [0.25, 0.3) is 0 Å². The second-order valence-electron chi connectivity index (χ2n) is 9.61. The highest BCUT2D eigenvalue weighted by molar-refractivity contribution is 7.92. The van der Waals surface area contributed by atoms with Gasteiger partial charge in [0.05, 0.1) is 17.7 Å². The van der Waals surface area contributed by atoms with Gasteiger partial charge in [-0.15, -0.1) is 0 Å². The summed E-state index contributed by atoms with van der Waals surface area (Å²) < 4.78 is 49.0. The van der Waals surface area contributed by atoms with Gasteiger partial charge >= 0.3 is 0 Å². The molecule has 0 spiro atoms. The number of amides is 2. The largest absolute Gasteiger partial charge is 0.495 e. The van der Waals surface area contributed by atoms with Crippen LogP contribution >= 0.6 is 0 Å². The van der Waals surface area contributed by atoms with Crippen molar-refractivity contribution in [3.63, 3.8) is 0 Å². The van der Waals surface area contributed by atoms with Gasteiger partial charge < -0.3 is 15.0 Å². The number of hydrogen-bond donors (Lipinski definition) is 1. The first-order valence-corrected chi connectivity index (χ1v) is 14.5. The molecule has 1 N–H and O–H groups in total. The van der Waals surface area contributed by atoms with Crippen LogP contribution < -0.4 is 14.4 Å². The van der Waals surface area contributed by atoms with Gasteiger partial charge in [-0.25, -0.2) is 12.8 Å². The molecule has 0 saturated heterocycles. The van der Waals surface area contributed by atoms with Gasteiger partial charge in [-0.2, -0.15) is 0 Å². The summed E-state index contributed by atoms with van der Waals surface area (Å²) >= 11 is 0. The van der Waals surface area contributed by atoms with Crippen LogP contribution in [0.4, 0.5) is 10.1 Å². The Morgan fingerprint density at radius 2 is 1.65 bits per heavy atom. The van der Waals surface area contributed by atoms with E-state index in [0.29, 0.717) is 6.42 Å². The summed E-state index contributed by atoms with van der Waals surface area (Å²) in [7, 11) is -2.84. The summed E-state index contributed by atoms with van der Waals surface area (Å²) in [6, 6.07) is 17.6. The highest BCUT2D eigenvalue weighted by Crippen LogP contribution is 2.33. The fraction of sp³-hybridized carbons (Fsp3) is 0.333. The lowest BCUT2D eigenvalue weighted by Crippen LogP contribution is -2.52. The van der Waals surface area contributed by atoms with Crippen LogP contribution in [-0.4, -0.2) is 50.9 Å². The van der Waals surface area contributed by atoms with Crippen molar-refractivity contribution in [3.8, 4) is 5.75 Å². The monoisotopic (exact) mass is 569 g/mol. The van der Waals surface area contributed by atoms with Crippen molar-refractivity contribution in [3.05, 3.63) is 89.7 Å². The summed E-state index contributed by atoms with van der Waals surface area (Å²) in [4.78, 5) is 28.3. The Morgan fingerprint density at radius 3 is 2.27 bits per heavy atom. The average Bonchev–Trinajstić information content (AvgIpc) is 2.95. The predicted molar refractivity (Wildman–Crippen MR) is 153 cm³/mol. The van der Waals surface area contributed by atoms with Gasteiger partial charge in [0.15, 0.2) is 0 Å². The Bertz CT molecular complexity index is 1430. The topological polar surface area (TPSA) is 96.0 Å². The number of nitrogens with zero attached hydrogens (tertiary/aromatic N) is 2. The fourth-order valence-electron chi connectivity index (χ4n) is 4.09. The number of anilines is 1. The molecule has 3 rings (SSSR count). The van der Waals surface area contributed by atoms with Gasteiger partial charge in [-0.3, -0.25) is 13.9 Å². The molecule has 3 aromatic carbocycles. The normalized spacial score (nSPS) is 12.8. The molecule has 0 aliphatic heterocycles. The molecule has 10 heteroatoms. The van der Waals surface area contributed by atoms with E-state index in [1.165, 1.54) is 42.3 Å². The highest BCUT2D eigenvalue weighted by atomic mass is 32.2. The first-order valence-electron chi connectivity index (χ1n) is 13.0. The maximum absolute atomic E-state index is 14.7. The van der Waals surface area contributed by atoms with E-state index < -0.39 is 40.2 Å². The molecule has 0 aliphatic carbocycles. The zero-order chi connectivity index (χ0) is 29.4. The number of ether oxygens (including phenoxy) is 1. The lowest BCUT2D eigenvalue weighted by molar-refractivity contribution is -0.139. The Labute approximate surface area is 235 Å². The van der Waals surface area contributed by atoms with Crippen LogP contribution in [0.2, 0.25) is 0 Å². The molecule has 40 heavy (non-hydrogen) atoms. The Balaban J connectivity index is 2.09. The van der Waals surface area contributed by atoms with Gasteiger partial charge in [0.2, 0.25) is 11.8 Å². The van der Waals surface area contributed by atoms with E-state index >= 15 is 0 Å². The molecular formula is C30H36FN3O5S. The van der Waals surface area contributed by atoms with Crippen molar-refractivity contribution >= 4 is 27.5 Å². The quantitative estimate of drug-likeness (QED) is 0.342. The lowest BCUT2D eigenvalue weighted by Gasteiger charge is -2.33. The molecule has 0 aliphatic rings. The Kier molecular flexibility index (Phi) is 10.3. The van der Waals surface area contributed by atoms with Crippen LogP contribution in [0.3, 0.4) is 0 Å². The third-order valence-electron chi connectivity index (χ3n) is 6.68. The first-order chi connectivity index (χ1) is 19.0. The molecule has 2 unspecified atom stereocenters. The van der Waals surface area contributed by atoms with Crippen LogP contribution in [0.15, 0.2) is 77.7 Å². The molecule has 0 heterocycles. The molecule has 8 nitrogen and oxygen atoms in total. The summed E-state index contributed by atoms with van der Waals surface area (Å²) in [5.74, 6) is -1.40. The number of halogens is 1. The molecule has 0 bridgehead atoms. The maximum atomic E-state index is 14.7. The zero-order valence-electron chi connectivity index (χ0n) is 23.4. The molecule has 214 valence electrons. The van der Waals surface area contributed by atoms with Gasteiger partial charge in [0.25, 0.3) is 10.0 Å². The van der Waals surface area contributed by atoms with Gasteiger partial charge in [0.1, 0.15) is 24.2 Å². The number of rotatable bonds is 12. The summed E-state index contributed by atoms with van der Waals surface area (Å²) in [6.45, 7) is 6.21. The second kappa shape index (κ2) is 13.4. The summed E-state index contributed by atoms with van der Waals surface area (Å²) in [5, 5.41) is 2.85. The van der Waals surface area contributed by atoms with Crippen LogP contribution in [-0.2, 0) is 26.2 Å². The summed E-state index contributed by atoms with van der Waals surface area (Å²) in [5.41, 5.74) is 1.12. The van der Waals surface area contributed by atoms with E-state index in [1.54, 1.807) is 56.3 Å². The highest BCUT2D eigenvalue weighted by Gasteiger charge is 2.34. The van der Waals surface area contributed by atoms with Crippen molar-refractivity contribution in [2.45, 2.75) is 57.6 Å². The van der Waals surface area contributed by atoms with Crippen molar-refractivity contribution in [1.29, 1.82) is 0 Å². The first kappa shape index (κ1) is 30.6. The third-order valence-corrected chi connectivity index (χ3v) is 8.45. The van der Waals surface area contributed by atoms with E-state index in [0.717, 1.165) is 9.87 Å². The third kappa shape index (κ3) is 7.18. The number of sulfonamides is 1. The van der Waals surface area contributed by atoms with E-state index in [4.69, 9.17) is 4.74 Å². The SMILES string of the molecule is CCC(C)NC(=O)C(C)N(Cc1ccccc1F)C(=O)CN(c1cc(C)ccc1OC)S(=O)(=O)c1ccccc1. The van der Waals surface area contributed by atoms with Gasteiger partial charge in [0, 0.05) is 18.2 Å². The fourth-order valence-corrected chi connectivity index (χ4v) is 5.52. The molecule has 0 aromatic heterocycles. The minimum Gasteiger partial charge on any atom is -0.495 e. The number of carbonyl (C=O) groups is 2. The van der Waals surface area contributed by atoms with E-state index in [2.05, 4.69) is 5.32 Å². The molecule has 0 radical (unpaired) electrons. The second-order valence-corrected chi connectivity index (χ2v) is 11.5. The van der Waals surface area contributed by atoms with Crippen molar-refractivity contribution in [1.82, 2.24) is 10.2 Å². The van der Waals surface area contributed by atoms with E-state index in [-0.39, 0.29) is 34.5 Å². The van der Waals surface area contributed by atoms with Crippen LogP contribution in [0.5, 0.6) is 5.75 Å². The van der Waals surface area contributed by atoms with Gasteiger partial charge in [-0.1, -0.05) is 49.4 Å².